The molecule has 0 atom stereocenters. The van der Waals surface area contributed by atoms with Gasteiger partial charge in [-0.25, -0.2) is 4.39 Å². The smallest absolute Gasteiger partial charge is 0.397 e. The number of halogens is 1. The Labute approximate surface area is 95.5 Å². The largest absolute Gasteiger partial charge is 0.427 e. The van der Waals surface area contributed by atoms with Crippen LogP contribution in [0.1, 0.15) is 13.8 Å². The molecule has 1 saturated heterocycles. The Morgan fingerprint density at radius 1 is 1.31 bits per heavy atom. The van der Waals surface area contributed by atoms with Gasteiger partial charge in [0.2, 0.25) is 0 Å². The molecule has 1 aliphatic heterocycles. The van der Waals surface area contributed by atoms with Gasteiger partial charge in [-0.15, -0.1) is 0 Å². The predicted molar refractivity (Wildman–Crippen MR) is 59.6 cm³/mol. The second-order valence-corrected chi connectivity index (χ2v) is 5.63. The summed E-state index contributed by atoms with van der Waals surface area (Å²) in [4.78, 5) is 0. The number of rotatable bonds is 2. The van der Waals surface area contributed by atoms with Gasteiger partial charge in [-0.3, -0.25) is 0 Å². The van der Waals surface area contributed by atoms with Crippen molar-refractivity contribution in [2.75, 3.05) is 13.2 Å². The van der Waals surface area contributed by atoms with E-state index in [9.17, 15) is 4.39 Å². The molecule has 0 spiro atoms. The van der Waals surface area contributed by atoms with E-state index in [2.05, 4.69) is 13.8 Å². The number of hydrogen-bond acceptors (Lipinski definition) is 3. The normalized spacial score (nSPS) is 20.7. The molecule has 1 aromatic rings. The topological polar surface area (TPSA) is 27.7 Å². The van der Waals surface area contributed by atoms with E-state index in [0.717, 1.165) is 0 Å². The summed E-state index contributed by atoms with van der Waals surface area (Å²) in [7, 11) is -1.39. The van der Waals surface area contributed by atoms with Crippen LogP contribution in [0.2, 0.25) is 0 Å². The molecule has 1 fully saturated rings. The molecule has 88 valence electrons. The van der Waals surface area contributed by atoms with Gasteiger partial charge in [0.15, 0.2) is 0 Å². The second kappa shape index (κ2) is 4.66. The van der Waals surface area contributed by atoms with E-state index < -0.39 is 8.60 Å². The summed E-state index contributed by atoms with van der Waals surface area (Å²) < 4.78 is 29.2. The SMILES string of the molecule is CC1(C)COP(Oc2cccc(F)c2)OC1. The second-order valence-electron chi connectivity index (χ2n) is 4.48. The van der Waals surface area contributed by atoms with E-state index in [0.29, 0.717) is 19.0 Å². The van der Waals surface area contributed by atoms with Crippen molar-refractivity contribution in [1.29, 1.82) is 0 Å². The molecule has 2 rings (SSSR count). The molecule has 0 saturated carbocycles. The Morgan fingerprint density at radius 3 is 2.62 bits per heavy atom. The van der Waals surface area contributed by atoms with Crippen molar-refractivity contribution in [3.63, 3.8) is 0 Å². The first-order chi connectivity index (χ1) is 7.55. The molecule has 16 heavy (non-hydrogen) atoms. The molecule has 1 aliphatic rings. The molecule has 0 bridgehead atoms. The fourth-order valence-electron chi connectivity index (χ4n) is 1.20. The van der Waals surface area contributed by atoms with Crippen molar-refractivity contribution in [3.05, 3.63) is 30.1 Å². The lowest BCUT2D eigenvalue weighted by molar-refractivity contribution is 0.0426. The van der Waals surface area contributed by atoms with Crippen LogP contribution in [-0.2, 0) is 9.05 Å². The maximum atomic E-state index is 12.9. The molecule has 0 N–H and O–H groups in total. The van der Waals surface area contributed by atoms with Crippen LogP contribution in [0.3, 0.4) is 0 Å². The van der Waals surface area contributed by atoms with Crippen LogP contribution in [0.15, 0.2) is 24.3 Å². The Balaban J connectivity index is 1.92. The minimum Gasteiger partial charge on any atom is -0.427 e. The van der Waals surface area contributed by atoms with E-state index in [1.165, 1.54) is 12.1 Å². The number of benzene rings is 1. The Kier molecular flexibility index (Phi) is 3.43. The molecular weight excluding hydrogens is 230 g/mol. The van der Waals surface area contributed by atoms with Gasteiger partial charge in [-0.1, -0.05) is 19.9 Å². The lowest BCUT2D eigenvalue weighted by Gasteiger charge is -2.32. The van der Waals surface area contributed by atoms with Gasteiger partial charge < -0.3 is 13.6 Å². The number of hydrogen-bond donors (Lipinski definition) is 0. The van der Waals surface area contributed by atoms with Crippen LogP contribution in [-0.4, -0.2) is 13.2 Å². The third kappa shape index (κ3) is 3.14. The quantitative estimate of drug-likeness (QED) is 0.745. The monoisotopic (exact) mass is 244 g/mol. The van der Waals surface area contributed by atoms with Crippen molar-refractivity contribution in [2.45, 2.75) is 13.8 Å². The van der Waals surface area contributed by atoms with Crippen molar-refractivity contribution >= 4 is 8.60 Å². The first kappa shape index (κ1) is 11.8. The maximum Gasteiger partial charge on any atom is 0.397 e. The fourth-order valence-corrected chi connectivity index (χ4v) is 2.57. The molecule has 0 aromatic heterocycles. The first-order valence-corrected chi connectivity index (χ1v) is 6.14. The Bertz CT molecular complexity index is 360. The standard InChI is InChI=1S/C11H14FO3P/c1-11(2)7-13-16(14-8-11)15-10-5-3-4-9(12)6-10/h3-6H,7-8H2,1-2H3. The van der Waals surface area contributed by atoms with Crippen molar-refractivity contribution in [2.24, 2.45) is 5.41 Å². The molecule has 1 aromatic carbocycles. The van der Waals surface area contributed by atoms with Gasteiger partial charge in [-0.2, -0.15) is 0 Å². The first-order valence-electron chi connectivity index (χ1n) is 5.05. The van der Waals surface area contributed by atoms with E-state index in [4.69, 9.17) is 13.6 Å². The van der Waals surface area contributed by atoms with Crippen molar-refractivity contribution < 1.29 is 18.0 Å². The lowest BCUT2D eigenvalue weighted by Crippen LogP contribution is -2.28. The zero-order chi connectivity index (χ0) is 11.6. The van der Waals surface area contributed by atoms with Crippen LogP contribution in [0.4, 0.5) is 4.39 Å². The average molecular weight is 244 g/mol. The van der Waals surface area contributed by atoms with E-state index in [-0.39, 0.29) is 11.2 Å². The highest BCUT2D eigenvalue weighted by molar-refractivity contribution is 7.42. The summed E-state index contributed by atoms with van der Waals surface area (Å²) in [6.45, 7) is 5.30. The van der Waals surface area contributed by atoms with Crippen LogP contribution in [0.25, 0.3) is 0 Å². The summed E-state index contributed by atoms with van der Waals surface area (Å²) in [6.07, 6.45) is 0. The highest BCUT2D eigenvalue weighted by atomic mass is 31.2. The minimum atomic E-state index is -1.39. The minimum absolute atomic E-state index is 0.0180. The molecule has 0 amide bonds. The molecule has 0 aliphatic carbocycles. The third-order valence-corrected chi connectivity index (χ3v) is 3.14. The molecule has 0 radical (unpaired) electrons. The Hall–Kier alpha value is -0.700. The zero-order valence-corrected chi connectivity index (χ0v) is 10.2. The summed E-state index contributed by atoms with van der Waals surface area (Å²) in [5, 5.41) is 0. The van der Waals surface area contributed by atoms with Gasteiger partial charge in [0.1, 0.15) is 11.6 Å². The fraction of sp³-hybridized carbons (Fsp3) is 0.455. The molecular formula is C11H14FO3P. The van der Waals surface area contributed by atoms with Crippen LogP contribution >= 0.6 is 8.60 Å². The van der Waals surface area contributed by atoms with Gasteiger partial charge >= 0.3 is 8.60 Å². The van der Waals surface area contributed by atoms with E-state index in [1.54, 1.807) is 12.1 Å². The molecule has 3 nitrogen and oxygen atoms in total. The highest BCUT2D eigenvalue weighted by Crippen LogP contribution is 2.46. The van der Waals surface area contributed by atoms with Crippen LogP contribution in [0, 0.1) is 11.2 Å². The van der Waals surface area contributed by atoms with Crippen molar-refractivity contribution in [1.82, 2.24) is 0 Å². The predicted octanol–water partition coefficient (Wildman–Crippen LogP) is 3.50. The highest BCUT2D eigenvalue weighted by Gasteiger charge is 2.31. The van der Waals surface area contributed by atoms with Gasteiger partial charge in [0.25, 0.3) is 0 Å². The van der Waals surface area contributed by atoms with Gasteiger partial charge in [0.05, 0.1) is 13.2 Å². The van der Waals surface area contributed by atoms with Crippen molar-refractivity contribution in [3.8, 4) is 5.75 Å². The molecule has 0 unspecified atom stereocenters. The Morgan fingerprint density at radius 2 is 2.00 bits per heavy atom. The summed E-state index contributed by atoms with van der Waals surface area (Å²) in [5.41, 5.74) is 0.0180. The molecule has 5 heteroatoms. The zero-order valence-electron chi connectivity index (χ0n) is 9.27. The third-order valence-electron chi connectivity index (χ3n) is 2.10. The maximum absolute atomic E-state index is 12.9. The average Bonchev–Trinajstić information content (AvgIpc) is 2.21. The van der Waals surface area contributed by atoms with E-state index in [1.807, 2.05) is 0 Å². The van der Waals surface area contributed by atoms with Gasteiger partial charge in [-0.05, 0) is 12.1 Å². The van der Waals surface area contributed by atoms with Gasteiger partial charge in [0, 0.05) is 11.5 Å². The summed E-state index contributed by atoms with van der Waals surface area (Å²) in [5.74, 6) is 0.107. The van der Waals surface area contributed by atoms with Crippen LogP contribution < -0.4 is 4.52 Å². The van der Waals surface area contributed by atoms with E-state index >= 15 is 0 Å². The van der Waals surface area contributed by atoms with Crippen LogP contribution in [0.5, 0.6) is 5.75 Å². The molecule has 1 heterocycles. The summed E-state index contributed by atoms with van der Waals surface area (Å²) >= 11 is 0. The lowest BCUT2D eigenvalue weighted by atomic mass is 9.97. The summed E-state index contributed by atoms with van der Waals surface area (Å²) in [6, 6.07) is 5.95.